The van der Waals surface area contributed by atoms with Crippen molar-refractivity contribution in [2.75, 3.05) is 18.0 Å². The van der Waals surface area contributed by atoms with Crippen LogP contribution in [0.1, 0.15) is 24.4 Å². The van der Waals surface area contributed by atoms with Crippen LogP contribution in [0.3, 0.4) is 0 Å². The number of hydrogen-bond acceptors (Lipinski definition) is 6. The number of halogens is 1. The molecular formula is C17H17ClN4O3. The summed E-state index contributed by atoms with van der Waals surface area (Å²) in [5.74, 6) is 0.898. The summed E-state index contributed by atoms with van der Waals surface area (Å²) in [5.41, 5.74) is 5.56. The van der Waals surface area contributed by atoms with Gasteiger partial charge in [-0.15, -0.1) is 0 Å². The molecule has 1 aromatic heterocycles. The molecule has 1 fully saturated rings. The molecule has 1 aromatic carbocycles. The number of nitriles is 1. The van der Waals surface area contributed by atoms with Crippen molar-refractivity contribution < 1.29 is 13.9 Å². The zero-order chi connectivity index (χ0) is 17.8. The fourth-order valence-electron chi connectivity index (χ4n) is 2.77. The summed E-state index contributed by atoms with van der Waals surface area (Å²) in [6.45, 7) is 1.27. The number of rotatable bonds is 5. The predicted molar refractivity (Wildman–Crippen MR) is 91.1 cm³/mol. The van der Waals surface area contributed by atoms with Crippen molar-refractivity contribution in [1.29, 1.82) is 5.26 Å². The van der Waals surface area contributed by atoms with E-state index in [1.807, 2.05) is 11.0 Å². The van der Waals surface area contributed by atoms with Gasteiger partial charge in [-0.1, -0.05) is 17.7 Å². The number of nitrogens with zero attached hydrogens (tertiary/aromatic N) is 3. The van der Waals surface area contributed by atoms with Crippen molar-refractivity contribution >= 4 is 23.4 Å². The molecule has 130 valence electrons. The Balaban J connectivity index is 1.68. The van der Waals surface area contributed by atoms with E-state index in [1.54, 1.807) is 24.3 Å². The topological polar surface area (TPSA) is 105 Å². The van der Waals surface area contributed by atoms with Gasteiger partial charge in [0.1, 0.15) is 11.8 Å². The summed E-state index contributed by atoms with van der Waals surface area (Å²) in [7, 11) is 0. The Bertz CT molecular complexity index is 806. The predicted octanol–water partition coefficient (Wildman–Crippen LogP) is 2.48. The number of benzene rings is 1. The Morgan fingerprint density at radius 3 is 2.88 bits per heavy atom. The third kappa shape index (κ3) is 4.03. The lowest BCUT2D eigenvalue weighted by molar-refractivity contribution is -0.122. The van der Waals surface area contributed by atoms with Gasteiger partial charge in [0, 0.05) is 24.0 Å². The van der Waals surface area contributed by atoms with Crippen LogP contribution in [0.4, 0.5) is 5.88 Å². The maximum atomic E-state index is 11.3. The summed E-state index contributed by atoms with van der Waals surface area (Å²) in [6.07, 6.45) is 1.27. The standard InChI is InChI=1S/C17H17ClN4O3/c18-12-2-1-3-13(8-12)24-10-15-21-14(9-19)17(25-15)22-6-4-11(5-7-22)16(20)23/h1-3,8,11H,4-7,10H2,(H2,20,23). The lowest BCUT2D eigenvalue weighted by Crippen LogP contribution is -2.38. The number of primary amides is 1. The lowest BCUT2D eigenvalue weighted by Gasteiger charge is -2.30. The number of hydrogen-bond donors (Lipinski definition) is 1. The number of amides is 1. The second-order valence-corrected chi connectivity index (χ2v) is 6.22. The molecule has 8 heteroatoms. The molecule has 1 saturated heterocycles. The van der Waals surface area contributed by atoms with Gasteiger partial charge < -0.3 is 19.8 Å². The molecule has 0 unspecified atom stereocenters. The molecule has 2 heterocycles. The fraction of sp³-hybridized carbons (Fsp3) is 0.353. The van der Waals surface area contributed by atoms with Crippen LogP contribution in [0.15, 0.2) is 28.7 Å². The second-order valence-electron chi connectivity index (χ2n) is 5.78. The number of carbonyl (C=O) groups is 1. The SMILES string of the molecule is N#Cc1nc(COc2cccc(Cl)c2)oc1N1CCC(C(N)=O)CC1. The zero-order valence-corrected chi connectivity index (χ0v) is 14.2. The number of oxazole rings is 1. The second kappa shape index (κ2) is 7.45. The van der Waals surface area contributed by atoms with Crippen molar-refractivity contribution in [2.24, 2.45) is 11.7 Å². The van der Waals surface area contributed by atoms with Gasteiger partial charge in [0.25, 0.3) is 0 Å². The van der Waals surface area contributed by atoms with E-state index >= 15 is 0 Å². The molecule has 0 bridgehead atoms. The molecule has 0 aliphatic carbocycles. The van der Waals surface area contributed by atoms with Crippen molar-refractivity contribution in [1.82, 2.24) is 4.98 Å². The molecule has 1 amide bonds. The van der Waals surface area contributed by atoms with E-state index in [-0.39, 0.29) is 24.1 Å². The summed E-state index contributed by atoms with van der Waals surface area (Å²) in [4.78, 5) is 17.3. The highest BCUT2D eigenvalue weighted by Crippen LogP contribution is 2.28. The molecular weight excluding hydrogens is 344 g/mol. The number of ether oxygens (including phenoxy) is 1. The van der Waals surface area contributed by atoms with Crippen molar-refractivity contribution in [3.63, 3.8) is 0 Å². The van der Waals surface area contributed by atoms with Crippen LogP contribution in [-0.2, 0) is 11.4 Å². The van der Waals surface area contributed by atoms with Crippen LogP contribution in [0.25, 0.3) is 0 Å². The third-order valence-electron chi connectivity index (χ3n) is 4.10. The Labute approximate surface area is 149 Å². The summed E-state index contributed by atoms with van der Waals surface area (Å²) < 4.78 is 11.3. The molecule has 2 N–H and O–H groups in total. The molecule has 1 aliphatic rings. The maximum Gasteiger partial charge on any atom is 0.236 e. The van der Waals surface area contributed by atoms with E-state index in [9.17, 15) is 10.1 Å². The van der Waals surface area contributed by atoms with Gasteiger partial charge in [0.05, 0.1) is 0 Å². The lowest BCUT2D eigenvalue weighted by atomic mass is 9.96. The van der Waals surface area contributed by atoms with Gasteiger partial charge in [0.15, 0.2) is 6.61 Å². The first-order valence-electron chi connectivity index (χ1n) is 7.89. The molecule has 1 aliphatic heterocycles. The molecule has 7 nitrogen and oxygen atoms in total. The Morgan fingerprint density at radius 1 is 1.48 bits per heavy atom. The molecule has 0 spiro atoms. The zero-order valence-electron chi connectivity index (χ0n) is 13.4. The minimum absolute atomic E-state index is 0.0901. The highest BCUT2D eigenvalue weighted by molar-refractivity contribution is 6.30. The van der Waals surface area contributed by atoms with E-state index in [1.165, 1.54) is 0 Å². The van der Waals surface area contributed by atoms with E-state index in [2.05, 4.69) is 4.98 Å². The summed E-state index contributed by atoms with van der Waals surface area (Å²) >= 11 is 5.91. The largest absolute Gasteiger partial charge is 0.484 e. The Morgan fingerprint density at radius 2 is 2.24 bits per heavy atom. The number of carbonyl (C=O) groups excluding carboxylic acids is 1. The van der Waals surface area contributed by atoms with Gasteiger partial charge in [-0.05, 0) is 31.0 Å². The minimum Gasteiger partial charge on any atom is -0.484 e. The van der Waals surface area contributed by atoms with Gasteiger partial charge in [-0.25, -0.2) is 0 Å². The molecule has 2 aromatic rings. The van der Waals surface area contributed by atoms with Crippen molar-refractivity contribution in [3.05, 3.63) is 40.9 Å². The van der Waals surface area contributed by atoms with Gasteiger partial charge in [0.2, 0.25) is 23.4 Å². The molecule has 3 rings (SSSR count). The molecule has 0 radical (unpaired) electrons. The highest BCUT2D eigenvalue weighted by Gasteiger charge is 2.27. The monoisotopic (exact) mass is 360 g/mol. The Kier molecular flexibility index (Phi) is 5.10. The molecule has 25 heavy (non-hydrogen) atoms. The van der Waals surface area contributed by atoms with E-state index in [0.29, 0.717) is 48.5 Å². The summed E-state index contributed by atoms with van der Waals surface area (Å²) in [6, 6.07) is 9.03. The average Bonchev–Trinajstić information content (AvgIpc) is 3.03. The van der Waals surface area contributed by atoms with Crippen LogP contribution in [-0.4, -0.2) is 24.0 Å². The van der Waals surface area contributed by atoms with Gasteiger partial charge in [-0.3, -0.25) is 4.79 Å². The minimum atomic E-state index is -0.284. The van der Waals surface area contributed by atoms with Gasteiger partial charge >= 0.3 is 0 Å². The first kappa shape index (κ1) is 17.1. The van der Waals surface area contributed by atoms with Crippen LogP contribution in [0, 0.1) is 17.2 Å². The van der Waals surface area contributed by atoms with Crippen molar-refractivity contribution in [3.8, 4) is 11.8 Å². The number of aromatic nitrogens is 1. The van der Waals surface area contributed by atoms with E-state index in [0.717, 1.165) is 0 Å². The normalized spacial score (nSPS) is 15.0. The first-order chi connectivity index (χ1) is 12.1. The third-order valence-corrected chi connectivity index (χ3v) is 4.34. The average molecular weight is 361 g/mol. The highest BCUT2D eigenvalue weighted by atomic mass is 35.5. The first-order valence-corrected chi connectivity index (χ1v) is 8.27. The maximum absolute atomic E-state index is 11.3. The van der Waals surface area contributed by atoms with E-state index in [4.69, 9.17) is 26.5 Å². The van der Waals surface area contributed by atoms with Crippen molar-refractivity contribution in [2.45, 2.75) is 19.4 Å². The Hall–Kier alpha value is -2.72. The smallest absolute Gasteiger partial charge is 0.236 e. The molecule has 0 saturated carbocycles. The number of anilines is 1. The van der Waals surface area contributed by atoms with E-state index < -0.39 is 0 Å². The number of nitrogens with two attached hydrogens (primary N) is 1. The van der Waals surface area contributed by atoms with Gasteiger partial charge in [-0.2, -0.15) is 10.2 Å². The van der Waals surface area contributed by atoms with Crippen LogP contribution in [0.2, 0.25) is 5.02 Å². The van der Waals surface area contributed by atoms with Crippen LogP contribution < -0.4 is 15.4 Å². The quantitative estimate of drug-likeness (QED) is 0.878. The molecule has 0 atom stereocenters. The van der Waals surface area contributed by atoms with Crippen LogP contribution in [0.5, 0.6) is 5.75 Å². The van der Waals surface area contributed by atoms with Crippen LogP contribution >= 0.6 is 11.6 Å². The summed E-state index contributed by atoms with van der Waals surface area (Å²) in [5, 5.41) is 9.86. The number of piperidine rings is 1. The fourth-order valence-corrected chi connectivity index (χ4v) is 2.95.